The Morgan fingerprint density at radius 2 is 1.84 bits per heavy atom. The topological polar surface area (TPSA) is 58.8 Å². The predicted molar refractivity (Wildman–Crippen MR) is 96.7 cm³/mol. The second-order valence-corrected chi connectivity index (χ2v) is 6.17. The number of amides is 1. The van der Waals surface area contributed by atoms with Crippen LogP contribution in [0.3, 0.4) is 0 Å². The number of nitrogen functional groups attached to an aromatic ring is 1. The lowest BCUT2D eigenvalue weighted by Crippen LogP contribution is -2.49. The number of carbonyl (C=O) groups is 1. The van der Waals surface area contributed by atoms with E-state index in [9.17, 15) is 9.18 Å². The summed E-state index contributed by atoms with van der Waals surface area (Å²) in [5.41, 5.74) is 8.81. The number of ether oxygens (including phenoxy) is 1. The molecular weight excluding hydrogens is 321 g/mol. The van der Waals surface area contributed by atoms with Gasteiger partial charge < -0.3 is 20.3 Å². The number of methoxy groups -OCH3 is 1. The van der Waals surface area contributed by atoms with Crippen molar-refractivity contribution in [2.24, 2.45) is 0 Å². The van der Waals surface area contributed by atoms with Crippen molar-refractivity contribution >= 4 is 17.3 Å². The highest BCUT2D eigenvalue weighted by atomic mass is 19.1. The van der Waals surface area contributed by atoms with Gasteiger partial charge >= 0.3 is 0 Å². The van der Waals surface area contributed by atoms with Crippen molar-refractivity contribution in [1.29, 1.82) is 0 Å². The molecule has 3 rings (SSSR count). The number of halogens is 1. The molecule has 1 aliphatic heterocycles. The fraction of sp³-hybridized carbons (Fsp3) is 0.316. The molecule has 25 heavy (non-hydrogen) atoms. The Labute approximate surface area is 146 Å². The number of piperazine rings is 1. The number of carbonyl (C=O) groups excluding carboxylic acids is 1. The molecule has 0 atom stereocenters. The first-order chi connectivity index (χ1) is 12.0. The number of nitrogens with two attached hydrogens (primary N) is 1. The lowest BCUT2D eigenvalue weighted by molar-refractivity contribution is 0.0746. The van der Waals surface area contributed by atoms with E-state index < -0.39 is 0 Å². The molecule has 6 heteroatoms. The highest BCUT2D eigenvalue weighted by Crippen LogP contribution is 2.30. The second kappa shape index (κ2) is 7.01. The fourth-order valence-corrected chi connectivity index (χ4v) is 3.10. The number of hydrogen-bond acceptors (Lipinski definition) is 4. The normalized spacial score (nSPS) is 14.5. The number of benzene rings is 2. The van der Waals surface area contributed by atoms with E-state index in [0.717, 1.165) is 11.3 Å². The highest BCUT2D eigenvalue weighted by Gasteiger charge is 2.24. The van der Waals surface area contributed by atoms with Crippen LogP contribution in [-0.2, 0) is 0 Å². The van der Waals surface area contributed by atoms with E-state index in [2.05, 4.69) is 4.90 Å². The molecular formula is C19H22FN3O2. The van der Waals surface area contributed by atoms with Crippen LogP contribution in [0.2, 0.25) is 0 Å². The van der Waals surface area contributed by atoms with Gasteiger partial charge in [-0.05, 0) is 36.8 Å². The molecule has 0 aromatic heterocycles. The molecule has 0 saturated carbocycles. The van der Waals surface area contributed by atoms with Gasteiger partial charge in [0.2, 0.25) is 0 Å². The molecule has 0 radical (unpaired) electrons. The van der Waals surface area contributed by atoms with E-state index in [1.807, 2.05) is 17.9 Å². The van der Waals surface area contributed by atoms with Crippen LogP contribution >= 0.6 is 0 Å². The minimum Gasteiger partial charge on any atom is -0.494 e. The third-order valence-corrected chi connectivity index (χ3v) is 4.54. The summed E-state index contributed by atoms with van der Waals surface area (Å²) in [6, 6.07) is 9.91. The summed E-state index contributed by atoms with van der Waals surface area (Å²) in [5.74, 6) is 0.175. The molecule has 0 aliphatic carbocycles. The van der Waals surface area contributed by atoms with Crippen LogP contribution in [0.25, 0.3) is 0 Å². The van der Waals surface area contributed by atoms with E-state index in [0.29, 0.717) is 43.2 Å². The van der Waals surface area contributed by atoms with Gasteiger partial charge in [-0.25, -0.2) is 4.39 Å². The predicted octanol–water partition coefficient (Wildman–Crippen LogP) is 2.69. The zero-order valence-electron chi connectivity index (χ0n) is 14.5. The molecule has 132 valence electrons. The van der Waals surface area contributed by atoms with E-state index in [1.165, 1.54) is 19.2 Å². The Morgan fingerprint density at radius 3 is 2.52 bits per heavy atom. The summed E-state index contributed by atoms with van der Waals surface area (Å²) >= 11 is 0. The number of hydrogen-bond donors (Lipinski definition) is 1. The zero-order chi connectivity index (χ0) is 18.0. The van der Waals surface area contributed by atoms with E-state index in [-0.39, 0.29) is 11.7 Å². The monoisotopic (exact) mass is 343 g/mol. The molecule has 2 N–H and O–H groups in total. The van der Waals surface area contributed by atoms with E-state index >= 15 is 0 Å². The summed E-state index contributed by atoms with van der Waals surface area (Å²) in [5, 5.41) is 0. The van der Waals surface area contributed by atoms with Crippen LogP contribution in [0.1, 0.15) is 15.9 Å². The Bertz CT molecular complexity index is 786. The van der Waals surface area contributed by atoms with Gasteiger partial charge in [-0.3, -0.25) is 4.79 Å². The molecule has 5 nitrogen and oxygen atoms in total. The summed E-state index contributed by atoms with van der Waals surface area (Å²) < 4.78 is 18.6. The Morgan fingerprint density at radius 1 is 1.12 bits per heavy atom. The van der Waals surface area contributed by atoms with Gasteiger partial charge in [-0.15, -0.1) is 0 Å². The number of rotatable bonds is 3. The lowest BCUT2D eigenvalue weighted by Gasteiger charge is -2.36. The van der Waals surface area contributed by atoms with Crippen molar-refractivity contribution in [3.63, 3.8) is 0 Å². The van der Waals surface area contributed by atoms with Crippen molar-refractivity contribution in [3.8, 4) is 5.75 Å². The first kappa shape index (κ1) is 17.1. The average molecular weight is 343 g/mol. The van der Waals surface area contributed by atoms with E-state index in [1.54, 1.807) is 18.2 Å². The van der Waals surface area contributed by atoms with Gasteiger partial charge in [-0.2, -0.15) is 0 Å². The van der Waals surface area contributed by atoms with Crippen LogP contribution in [0.15, 0.2) is 36.4 Å². The average Bonchev–Trinajstić information content (AvgIpc) is 2.63. The fourth-order valence-electron chi connectivity index (χ4n) is 3.10. The van der Waals surface area contributed by atoms with Gasteiger partial charge in [0.05, 0.1) is 12.8 Å². The lowest BCUT2D eigenvalue weighted by atomic mass is 10.1. The Kier molecular flexibility index (Phi) is 4.79. The molecule has 1 heterocycles. The molecule has 1 fully saturated rings. The summed E-state index contributed by atoms with van der Waals surface area (Å²) in [7, 11) is 1.53. The molecule has 0 bridgehead atoms. The maximum Gasteiger partial charge on any atom is 0.254 e. The maximum atomic E-state index is 13.4. The minimum atomic E-state index is -0.327. The third kappa shape index (κ3) is 3.52. The SMILES string of the molecule is COc1cc(F)ccc1N1CCN(C(=O)c2cc(N)ccc2C)CC1. The van der Waals surface area contributed by atoms with Crippen LogP contribution < -0.4 is 15.4 Å². The number of anilines is 2. The molecule has 1 aliphatic rings. The minimum absolute atomic E-state index is 0.00415. The van der Waals surface area contributed by atoms with Crippen molar-refractivity contribution in [2.45, 2.75) is 6.92 Å². The van der Waals surface area contributed by atoms with Crippen LogP contribution in [-0.4, -0.2) is 44.1 Å². The van der Waals surface area contributed by atoms with Crippen LogP contribution in [0.4, 0.5) is 15.8 Å². The van der Waals surface area contributed by atoms with Crippen molar-refractivity contribution in [2.75, 3.05) is 43.9 Å². The van der Waals surface area contributed by atoms with Crippen LogP contribution in [0, 0.1) is 12.7 Å². The zero-order valence-corrected chi connectivity index (χ0v) is 14.5. The first-order valence-electron chi connectivity index (χ1n) is 8.23. The molecule has 0 spiro atoms. The quantitative estimate of drug-likeness (QED) is 0.871. The first-order valence-corrected chi connectivity index (χ1v) is 8.23. The molecule has 2 aromatic rings. The van der Waals surface area contributed by atoms with Gasteiger partial charge in [-0.1, -0.05) is 6.07 Å². The largest absolute Gasteiger partial charge is 0.494 e. The standard InChI is InChI=1S/C19H22FN3O2/c1-13-3-5-15(21)12-16(13)19(24)23-9-7-22(8-10-23)17-6-4-14(20)11-18(17)25-2/h3-6,11-12H,7-10,21H2,1-2H3. The van der Waals surface area contributed by atoms with Gasteiger partial charge in [0.1, 0.15) is 11.6 Å². The molecule has 0 unspecified atom stereocenters. The number of aryl methyl sites for hydroxylation is 1. The smallest absolute Gasteiger partial charge is 0.254 e. The summed E-state index contributed by atoms with van der Waals surface area (Å²) in [6.45, 7) is 4.41. The highest BCUT2D eigenvalue weighted by molar-refractivity contribution is 5.96. The maximum absolute atomic E-state index is 13.4. The van der Waals surface area contributed by atoms with Crippen molar-refractivity contribution in [3.05, 3.63) is 53.3 Å². The summed E-state index contributed by atoms with van der Waals surface area (Å²) in [4.78, 5) is 16.7. The van der Waals surface area contributed by atoms with Gasteiger partial charge in [0.25, 0.3) is 5.91 Å². The van der Waals surface area contributed by atoms with Crippen LogP contribution in [0.5, 0.6) is 5.75 Å². The summed E-state index contributed by atoms with van der Waals surface area (Å²) in [6.07, 6.45) is 0. The van der Waals surface area contributed by atoms with E-state index in [4.69, 9.17) is 10.5 Å². The second-order valence-electron chi connectivity index (χ2n) is 6.17. The van der Waals surface area contributed by atoms with Crippen molar-refractivity contribution < 1.29 is 13.9 Å². The third-order valence-electron chi connectivity index (χ3n) is 4.54. The number of nitrogens with zero attached hydrogens (tertiary/aromatic N) is 2. The molecule has 2 aromatic carbocycles. The molecule has 1 amide bonds. The Hall–Kier alpha value is -2.76. The molecule has 1 saturated heterocycles. The Balaban J connectivity index is 1.72. The van der Waals surface area contributed by atoms with Gasteiger partial charge in [0, 0.05) is 43.5 Å². The van der Waals surface area contributed by atoms with Gasteiger partial charge in [0.15, 0.2) is 0 Å². The van der Waals surface area contributed by atoms with Crippen molar-refractivity contribution in [1.82, 2.24) is 4.90 Å².